The van der Waals surface area contributed by atoms with Crippen LogP contribution in [0.5, 0.6) is 5.75 Å². The number of ether oxygens (including phenoxy) is 1. The third-order valence-electron chi connectivity index (χ3n) is 7.09. The highest BCUT2D eigenvalue weighted by Crippen LogP contribution is 2.36. The van der Waals surface area contributed by atoms with Crippen molar-refractivity contribution in [2.45, 2.75) is 38.0 Å². The van der Waals surface area contributed by atoms with Crippen LogP contribution in [0.2, 0.25) is 5.02 Å². The number of aliphatic imine (C=N–C) groups is 1. The number of amides is 1. The van der Waals surface area contributed by atoms with Gasteiger partial charge in [-0.25, -0.2) is 0 Å². The summed E-state index contributed by atoms with van der Waals surface area (Å²) >= 11 is 6.43. The lowest BCUT2D eigenvalue weighted by Crippen LogP contribution is -2.37. The molecular weight excluding hydrogens is 573 g/mol. The molecule has 2 aromatic carbocycles. The van der Waals surface area contributed by atoms with Gasteiger partial charge in [-0.2, -0.15) is 13.2 Å². The van der Waals surface area contributed by atoms with E-state index in [9.17, 15) is 27.9 Å². The van der Waals surface area contributed by atoms with Crippen LogP contribution in [0.3, 0.4) is 0 Å². The van der Waals surface area contributed by atoms with E-state index in [1.165, 1.54) is 23.1 Å². The van der Waals surface area contributed by atoms with Crippen molar-refractivity contribution in [2.75, 3.05) is 31.6 Å². The molecule has 0 radical (unpaired) electrons. The van der Waals surface area contributed by atoms with E-state index < -0.39 is 29.8 Å². The van der Waals surface area contributed by atoms with E-state index in [1.807, 2.05) is 4.90 Å². The Labute approximate surface area is 246 Å². The number of likely N-dealkylation sites (tertiary alicyclic amines) is 1. The fourth-order valence-electron chi connectivity index (χ4n) is 4.99. The summed E-state index contributed by atoms with van der Waals surface area (Å²) in [6.45, 7) is 4.94. The number of benzene rings is 2. The monoisotopic (exact) mass is 602 g/mol. The molecule has 1 aliphatic heterocycles. The highest BCUT2D eigenvalue weighted by Gasteiger charge is 2.33. The maximum Gasteiger partial charge on any atom is 0.433 e. The SMILES string of the molecule is C=NCc1cc(C(F)(F)F)ncc1-c1cc(C(=O)N(C)c2ccccc2OCCCN2CCC[C@H]2C(=O)O)ccc1Cl. The first kappa shape index (κ1) is 31.0. The Hall–Kier alpha value is -3.96. The second-order valence-corrected chi connectivity index (χ2v) is 10.3. The summed E-state index contributed by atoms with van der Waals surface area (Å²) in [6.07, 6.45) is -1.46. The van der Waals surface area contributed by atoms with Gasteiger partial charge in [-0.3, -0.25) is 24.5 Å². The van der Waals surface area contributed by atoms with Crippen molar-refractivity contribution in [3.8, 4) is 16.9 Å². The van der Waals surface area contributed by atoms with Crippen molar-refractivity contribution in [3.63, 3.8) is 0 Å². The Balaban J connectivity index is 1.52. The summed E-state index contributed by atoms with van der Waals surface area (Å²) in [7, 11) is 1.59. The molecule has 0 unspecified atom stereocenters. The number of carbonyl (C=O) groups is 2. The molecule has 42 heavy (non-hydrogen) atoms. The van der Waals surface area contributed by atoms with Gasteiger partial charge in [0.05, 0.1) is 18.8 Å². The zero-order valence-corrected chi connectivity index (χ0v) is 23.7. The molecule has 1 aliphatic rings. The Morgan fingerprint density at radius 2 is 1.98 bits per heavy atom. The third-order valence-corrected chi connectivity index (χ3v) is 7.42. The van der Waals surface area contributed by atoms with Crippen LogP contribution >= 0.6 is 11.6 Å². The molecule has 3 aromatic rings. The summed E-state index contributed by atoms with van der Waals surface area (Å²) in [5, 5.41) is 9.60. The number of para-hydroxylation sites is 2. The number of aromatic nitrogens is 1. The van der Waals surface area contributed by atoms with E-state index in [0.717, 1.165) is 25.2 Å². The highest BCUT2D eigenvalue weighted by molar-refractivity contribution is 6.33. The minimum atomic E-state index is -4.64. The number of aliphatic carboxylic acids is 1. The van der Waals surface area contributed by atoms with Gasteiger partial charge in [-0.05, 0) is 74.5 Å². The van der Waals surface area contributed by atoms with Crippen LogP contribution in [0.25, 0.3) is 11.1 Å². The maximum atomic E-state index is 13.6. The number of hydrogen-bond acceptors (Lipinski definition) is 6. The molecule has 0 spiro atoms. The van der Waals surface area contributed by atoms with Crippen LogP contribution < -0.4 is 9.64 Å². The van der Waals surface area contributed by atoms with E-state index in [4.69, 9.17) is 16.3 Å². The van der Waals surface area contributed by atoms with E-state index in [1.54, 1.807) is 31.3 Å². The minimum absolute atomic E-state index is 0.102. The van der Waals surface area contributed by atoms with Gasteiger partial charge in [0.2, 0.25) is 0 Å². The number of nitrogens with zero attached hydrogens (tertiary/aromatic N) is 4. The first-order valence-corrected chi connectivity index (χ1v) is 13.6. The van der Waals surface area contributed by atoms with Crippen molar-refractivity contribution in [1.82, 2.24) is 9.88 Å². The number of alkyl halides is 3. The van der Waals surface area contributed by atoms with Crippen molar-refractivity contribution in [3.05, 3.63) is 76.6 Å². The van der Waals surface area contributed by atoms with E-state index >= 15 is 0 Å². The molecule has 2 heterocycles. The van der Waals surface area contributed by atoms with Gasteiger partial charge in [-0.15, -0.1) is 0 Å². The number of halogens is 4. The molecule has 1 aromatic heterocycles. The zero-order valence-electron chi connectivity index (χ0n) is 22.9. The van der Waals surface area contributed by atoms with Gasteiger partial charge in [0.1, 0.15) is 17.5 Å². The zero-order chi connectivity index (χ0) is 30.4. The molecule has 4 rings (SSSR count). The predicted molar refractivity (Wildman–Crippen MR) is 154 cm³/mol. The summed E-state index contributed by atoms with van der Waals surface area (Å²) in [4.78, 5) is 35.6. The van der Waals surface area contributed by atoms with Gasteiger partial charge < -0.3 is 14.7 Å². The number of carboxylic acids is 1. The largest absolute Gasteiger partial charge is 0.491 e. The maximum absolute atomic E-state index is 13.6. The first-order valence-electron chi connectivity index (χ1n) is 13.3. The first-order chi connectivity index (χ1) is 20.0. The molecule has 0 aliphatic carbocycles. The third kappa shape index (κ3) is 7.08. The number of rotatable bonds is 11. The quantitative estimate of drug-likeness (QED) is 0.207. The molecule has 0 saturated carbocycles. The Morgan fingerprint density at radius 1 is 1.21 bits per heavy atom. The van der Waals surface area contributed by atoms with Crippen molar-refractivity contribution in [2.24, 2.45) is 4.99 Å². The molecule has 1 N–H and O–H groups in total. The van der Waals surface area contributed by atoms with Crippen molar-refractivity contribution < 1.29 is 32.6 Å². The summed E-state index contributed by atoms with van der Waals surface area (Å²) in [5.74, 6) is -0.730. The van der Waals surface area contributed by atoms with Gasteiger partial charge in [-0.1, -0.05) is 23.7 Å². The highest BCUT2D eigenvalue weighted by atomic mass is 35.5. The molecule has 1 fully saturated rings. The minimum Gasteiger partial charge on any atom is -0.491 e. The Morgan fingerprint density at radius 3 is 2.69 bits per heavy atom. The van der Waals surface area contributed by atoms with E-state index in [-0.39, 0.29) is 22.7 Å². The molecule has 8 nitrogen and oxygen atoms in total. The van der Waals surface area contributed by atoms with Crippen LogP contribution in [0, 0.1) is 0 Å². The van der Waals surface area contributed by atoms with Crippen molar-refractivity contribution >= 4 is 35.9 Å². The van der Waals surface area contributed by atoms with Crippen LogP contribution in [-0.2, 0) is 17.5 Å². The standard InChI is InChI=1S/C30H30ClF3N4O4/c1-35-17-20-16-27(30(32,33)34)36-18-22(20)21-15-19(10-11-23(21)31)28(39)37(2)24-7-3-4-9-26(24)42-14-6-13-38-12-5-8-25(38)29(40)41/h3-4,7,9-11,15-16,18,25H,1,5-6,8,12-14,17H2,2H3,(H,40,41)/t25-/m0/s1. The number of hydrogen-bond donors (Lipinski definition) is 1. The van der Waals surface area contributed by atoms with Gasteiger partial charge in [0.25, 0.3) is 5.91 Å². The van der Waals surface area contributed by atoms with Crippen LogP contribution in [0.1, 0.15) is 40.9 Å². The number of carboxylic acid groups (broad SMARTS) is 1. The molecule has 222 valence electrons. The Bertz CT molecular complexity index is 1470. The number of pyridine rings is 1. The summed E-state index contributed by atoms with van der Waals surface area (Å²) in [6, 6.07) is 12.0. The molecular formula is C30H30ClF3N4O4. The lowest BCUT2D eigenvalue weighted by atomic mass is 9.98. The molecule has 1 saturated heterocycles. The van der Waals surface area contributed by atoms with Gasteiger partial charge >= 0.3 is 12.1 Å². The van der Waals surface area contributed by atoms with Crippen LogP contribution in [-0.4, -0.2) is 66.4 Å². The second-order valence-electron chi connectivity index (χ2n) is 9.87. The average Bonchev–Trinajstić information content (AvgIpc) is 3.44. The smallest absolute Gasteiger partial charge is 0.433 e. The molecule has 0 bridgehead atoms. The summed E-state index contributed by atoms with van der Waals surface area (Å²) < 4.78 is 45.8. The van der Waals surface area contributed by atoms with Crippen LogP contribution in [0.15, 0.2) is 59.7 Å². The molecule has 12 heteroatoms. The van der Waals surface area contributed by atoms with Gasteiger partial charge in [0.15, 0.2) is 0 Å². The van der Waals surface area contributed by atoms with E-state index in [0.29, 0.717) is 48.6 Å². The Kier molecular flexibility index (Phi) is 9.85. The second kappa shape index (κ2) is 13.3. The van der Waals surface area contributed by atoms with Crippen molar-refractivity contribution in [1.29, 1.82) is 0 Å². The fraction of sp³-hybridized carbons (Fsp3) is 0.333. The fourth-order valence-corrected chi connectivity index (χ4v) is 5.21. The summed E-state index contributed by atoms with van der Waals surface area (Å²) in [5.41, 5.74) is 0.557. The molecule has 1 atom stereocenters. The van der Waals surface area contributed by atoms with E-state index in [2.05, 4.69) is 16.7 Å². The lowest BCUT2D eigenvalue weighted by Gasteiger charge is -2.23. The number of carbonyl (C=O) groups excluding carboxylic acids is 1. The predicted octanol–water partition coefficient (Wildman–Crippen LogP) is 6.22. The molecule has 1 amide bonds. The average molecular weight is 603 g/mol. The topological polar surface area (TPSA) is 95.3 Å². The van der Waals surface area contributed by atoms with Crippen LogP contribution in [0.4, 0.5) is 18.9 Å². The van der Waals surface area contributed by atoms with Gasteiger partial charge in [0, 0.05) is 41.5 Å². The lowest BCUT2D eigenvalue weighted by molar-refractivity contribution is -0.142. The normalized spacial score (nSPS) is 15.4. The number of anilines is 1.